The van der Waals surface area contributed by atoms with Gasteiger partial charge in [0.05, 0.1) is 17.4 Å². The SMILES string of the molecule is SCNCCc1ccc2nc[nH]c2c1. The van der Waals surface area contributed by atoms with Gasteiger partial charge in [-0.2, -0.15) is 12.6 Å². The first-order chi connectivity index (χ1) is 6.90. The van der Waals surface area contributed by atoms with Gasteiger partial charge >= 0.3 is 0 Å². The molecular formula is C10H13N3S. The molecule has 0 saturated carbocycles. The molecular weight excluding hydrogens is 194 g/mol. The number of imidazole rings is 1. The van der Waals surface area contributed by atoms with Crippen molar-refractivity contribution in [2.75, 3.05) is 12.4 Å². The number of benzene rings is 1. The molecule has 1 heterocycles. The molecule has 2 aromatic rings. The summed E-state index contributed by atoms with van der Waals surface area (Å²) in [6, 6.07) is 6.30. The molecule has 0 bridgehead atoms. The van der Waals surface area contributed by atoms with Crippen LogP contribution in [0.1, 0.15) is 5.56 Å². The van der Waals surface area contributed by atoms with Crippen LogP contribution in [-0.4, -0.2) is 22.4 Å². The van der Waals surface area contributed by atoms with Gasteiger partial charge in [0.15, 0.2) is 0 Å². The van der Waals surface area contributed by atoms with E-state index in [9.17, 15) is 0 Å². The van der Waals surface area contributed by atoms with Crippen LogP contribution in [0.5, 0.6) is 0 Å². The van der Waals surface area contributed by atoms with Crippen LogP contribution >= 0.6 is 12.6 Å². The minimum absolute atomic E-state index is 0.728. The van der Waals surface area contributed by atoms with Gasteiger partial charge in [0.2, 0.25) is 0 Å². The maximum atomic E-state index is 4.17. The number of hydrogen-bond acceptors (Lipinski definition) is 3. The fraction of sp³-hybridized carbons (Fsp3) is 0.300. The summed E-state index contributed by atoms with van der Waals surface area (Å²) in [5.41, 5.74) is 3.44. The molecule has 14 heavy (non-hydrogen) atoms. The quantitative estimate of drug-likeness (QED) is 0.405. The maximum Gasteiger partial charge on any atom is 0.0931 e. The van der Waals surface area contributed by atoms with Gasteiger partial charge in [-0.05, 0) is 30.7 Å². The highest BCUT2D eigenvalue weighted by molar-refractivity contribution is 7.80. The molecule has 0 saturated heterocycles. The monoisotopic (exact) mass is 207 g/mol. The lowest BCUT2D eigenvalue weighted by Gasteiger charge is -2.01. The zero-order chi connectivity index (χ0) is 9.80. The molecule has 1 aromatic heterocycles. The van der Waals surface area contributed by atoms with Crippen molar-refractivity contribution in [3.05, 3.63) is 30.1 Å². The van der Waals surface area contributed by atoms with Gasteiger partial charge in [-0.3, -0.25) is 0 Å². The summed E-state index contributed by atoms with van der Waals surface area (Å²) in [5, 5.41) is 3.18. The third kappa shape index (κ3) is 2.08. The second kappa shape index (κ2) is 4.48. The second-order valence-electron chi connectivity index (χ2n) is 3.16. The zero-order valence-electron chi connectivity index (χ0n) is 7.83. The van der Waals surface area contributed by atoms with Crippen LogP contribution in [0.15, 0.2) is 24.5 Å². The summed E-state index contributed by atoms with van der Waals surface area (Å²) in [5.74, 6) is 0.728. The Morgan fingerprint density at radius 3 is 3.21 bits per heavy atom. The van der Waals surface area contributed by atoms with Crippen molar-refractivity contribution in [2.45, 2.75) is 6.42 Å². The van der Waals surface area contributed by atoms with E-state index in [-0.39, 0.29) is 0 Å². The zero-order valence-corrected chi connectivity index (χ0v) is 8.72. The van der Waals surface area contributed by atoms with Crippen LogP contribution in [-0.2, 0) is 6.42 Å². The highest BCUT2D eigenvalue weighted by atomic mass is 32.1. The van der Waals surface area contributed by atoms with Gasteiger partial charge < -0.3 is 10.3 Å². The fourth-order valence-electron chi connectivity index (χ4n) is 1.45. The Balaban J connectivity index is 2.10. The summed E-state index contributed by atoms with van der Waals surface area (Å²) in [7, 11) is 0. The van der Waals surface area contributed by atoms with E-state index in [1.807, 2.05) is 6.07 Å². The van der Waals surface area contributed by atoms with Crippen LogP contribution in [0.4, 0.5) is 0 Å². The minimum atomic E-state index is 0.728. The van der Waals surface area contributed by atoms with Crippen molar-refractivity contribution in [1.82, 2.24) is 15.3 Å². The molecule has 0 fully saturated rings. The third-order valence-corrected chi connectivity index (χ3v) is 2.41. The largest absolute Gasteiger partial charge is 0.345 e. The predicted molar refractivity (Wildman–Crippen MR) is 61.7 cm³/mol. The van der Waals surface area contributed by atoms with Crippen LogP contribution < -0.4 is 5.32 Å². The number of aromatic nitrogens is 2. The molecule has 1 aromatic carbocycles. The van der Waals surface area contributed by atoms with E-state index in [1.54, 1.807) is 6.33 Å². The summed E-state index contributed by atoms with van der Waals surface area (Å²) in [4.78, 5) is 7.28. The van der Waals surface area contributed by atoms with Crippen molar-refractivity contribution in [1.29, 1.82) is 0 Å². The molecule has 0 amide bonds. The Labute approximate surface area is 88.3 Å². The lowest BCUT2D eigenvalue weighted by Crippen LogP contribution is -2.14. The number of rotatable bonds is 4. The number of fused-ring (bicyclic) bond motifs is 1. The van der Waals surface area contributed by atoms with Crippen LogP contribution in [0.25, 0.3) is 11.0 Å². The highest BCUT2D eigenvalue weighted by Gasteiger charge is 1.97. The van der Waals surface area contributed by atoms with E-state index in [0.717, 1.165) is 29.9 Å². The summed E-state index contributed by atoms with van der Waals surface area (Å²) in [6.45, 7) is 0.961. The first-order valence-corrected chi connectivity index (χ1v) is 5.27. The van der Waals surface area contributed by atoms with Crippen molar-refractivity contribution in [3.8, 4) is 0 Å². The predicted octanol–water partition coefficient (Wildman–Crippen LogP) is 1.58. The summed E-state index contributed by atoms with van der Waals surface area (Å²) in [6.07, 6.45) is 2.75. The Morgan fingerprint density at radius 1 is 1.43 bits per heavy atom. The second-order valence-corrected chi connectivity index (χ2v) is 3.48. The molecule has 0 radical (unpaired) electrons. The van der Waals surface area contributed by atoms with Gasteiger partial charge in [0.25, 0.3) is 0 Å². The molecule has 4 heteroatoms. The topological polar surface area (TPSA) is 40.7 Å². The van der Waals surface area contributed by atoms with Crippen molar-refractivity contribution < 1.29 is 0 Å². The van der Waals surface area contributed by atoms with Crippen LogP contribution in [0, 0.1) is 0 Å². The number of nitrogens with zero attached hydrogens (tertiary/aromatic N) is 1. The summed E-state index contributed by atoms with van der Waals surface area (Å²) >= 11 is 4.09. The molecule has 74 valence electrons. The molecule has 0 spiro atoms. The van der Waals surface area contributed by atoms with Crippen molar-refractivity contribution >= 4 is 23.7 Å². The van der Waals surface area contributed by atoms with E-state index >= 15 is 0 Å². The molecule has 0 unspecified atom stereocenters. The average Bonchev–Trinajstić information content (AvgIpc) is 2.65. The van der Waals surface area contributed by atoms with Gasteiger partial charge in [-0.15, -0.1) is 0 Å². The molecule has 0 atom stereocenters. The van der Waals surface area contributed by atoms with Gasteiger partial charge in [-0.1, -0.05) is 6.07 Å². The van der Waals surface area contributed by atoms with E-state index in [1.165, 1.54) is 5.56 Å². The third-order valence-electron chi connectivity index (χ3n) is 2.19. The molecule has 3 nitrogen and oxygen atoms in total. The Bertz CT molecular complexity index is 410. The lowest BCUT2D eigenvalue weighted by atomic mass is 10.1. The number of aromatic amines is 1. The van der Waals surface area contributed by atoms with E-state index in [2.05, 4.69) is 40.0 Å². The number of hydrogen-bond donors (Lipinski definition) is 3. The molecule has 2 rings (SSSR count). The van der Waals surface area contributed by atoms with E-state index in [4.69, 9.17) is 0 Å². The first kappa shape index (κ1) is 9.55. The average molecular weight is 207 g/mol. The standard InChI is InChI=1S/C10H13N3S/c14-7-11-4-3-8-1-2-9-10(5-8)13-6-12-9/h1-2,5-6,11,14H,3-4,7H2,(H,12,13). The smallest absolute Gasteiger partial charge is 0.0931 e. The molecule has 2 N–H and O–H groups in total. The first-order valence-electron chi connectivity index (χ1n) is 4.64. The van der Waals surface area contributed by atoms with Crippen molar-refractivity contribution in [2.24, 2.45) is 0 Å². The number of thiol groups is 1. The van der Waals surface area contributed by atoms with Gasteiger partial charge in [0, 0.05) is 5.88 Å². The minimum Gasteiger partial charge on any atom is -0.345 e. The number of H-pyrrole nitrogens is 1. The van der Waals surface area contributed by atoms with E-state index in [0.29, 0.717) is 0 Å². The van der Waals surface area contributed by atoms with Crippen molar-refractivity contribution in [3.63, 3.8) is 0 Å². The van der Waals surface area contributed by atoms with Crippen LogP contribution in [0.3, 0.4) is 0 Å². The number of nitrogens with one attached hydrogen (secondary N) is 2. The Hall–Kier alpha value is -1.00. The molecule has 0 aliphatic heterocycles. The molecule has 0 aliphatic rings. The highest BCUT2D eigenvalue weighted by Crippen LogP contribution is 2.11. The Morgan fingerprint density at radius 2 is 2.36 bits per heavy atom. The lowest BCUT2D eigenvalue weighted by molar-refractivity contribution is 0.777. The molecule has 0 aliphatic carbocycles. The van der Waals surface area contributed by atoms with Gasteiger partial charge in [-0.25, -0.2) is 4.98 Å². The van der Waals surface area contributed by atoms with Gasteiger partial charge in [0.1, 0.15) is 0 Å². The maximum absolute atomic E-state index is 4.17. The van der Waals surface area contributed by atoms with E-state index < -0.39 is 0 Å². The Kier molecular flexibility index (Phi) is 3.06. The van der Waals surface area contributed by atoms with Crippen LogP contribution in [0.2, 0.25) is 0 Å². The summed E-state index contributed by atoms with van der Waals surface area (Å²) < 4.78 is 0. The fourth-order valence-corrected chi connectivity index (χ4v) is 1.61. The normalized spacial score (nSPS) is 10.9.